The number of benzene rings is 2. The molecule has 0 saturated carbocycles. The quantitative estimate of drug-likeness (QED) is 0.690. The van der Waals surface area contributed by atoms with E-state index in [1.807, 2.05) is 30.3 Å². The first-order chi connectivity index (χ1) is 11.7. The smallest absolute Gasteiger partial charge is 0.162 e. The average molecular weight is 348 g/mol. The third kappa shape index (κ3) is 4.91. The number of methoxy groups -OCH3 is 2. The van der Waals surface area contributed by atoms with Crippen molar-refractivity contribution in [2.75, 3.05) is 20.8 Å². The molecule has 0 fully saturated rings. The Labute approximate surface area is 148 Å². The van der Waals surface area contributed by atoms with E-state index in [-0.39, 0.29) is 0 Å². The van der Waals surface area contributed by atoms with Crippen LogP contribution in [-0.4, -0.2) is 20.8 Å². The fourth-order valence-corrected chi connectivity index (χ4v) is 2.45. The highest BCUT2D eigenvalue weighted by Crippen LogP contribution is 2.33. The van der Waals surface area contributed by atoms with Crippen LogP contribution in [0, 0.1) is 0 Å². The van der Waals surface area contributed by atoms with Gasteiger partial charge in [0.25, 0.3) is 0 Å². The van der Waals surface area contributed by atoms with Crippen molar-refractivity contribution in [2.24, 2.45) is 0 Å². The van der Waals surface area contributed by atoms with Crippen LogP contribution in [0.15, 0.2) is 49.1 Å². The van der Waals surface area contributed by atoms with E-state index in [1.54, 1.807) is 26.4 Å². The van der Waals surface area contributed by atoms with Crippen LogP contribution in [0.5, 0.6) is 17.2 Å². The van der Waals surface area contributed by atoms with Crippen LogP contribution >= 0.6 is 11.6 Å². The average Bonchev–Trinajstić information content (AvgIpc) is 2.62. The summed E-state index contributed by atoms with van der Waals surface area (Å²) < 4.78 is 16.0. The standard InChI is InChI=1S/C19H22ClNO3/c1-4-9-24-16-7-5-14(6-8-16)12-21-13-15-10-18(22-2)19(23-3)11-17(15)20/h4-8,10-11,21H,1,9,12-13H2,2-3H3. The predicted molar refractivity (Wildman–Crippen MR) is 97.2 cm³/mol. The molecule has 0 spiro atoms. The SMILES string of the molecule is C=CCOc1ccc(CNCc2cc(OC)c(OC)cc2Cl)cc1. The van der Waals surface area contributed by atoms with Gasteiger partial charge in [0, 0.05) is 24.2 Å². The van der Waals surface area contributed by atoms with Crippen molar-refractivity contribution in [3.63, 3.8) is 0 Å². The predicted octanol–water partition coefficient (Wildman–Crippen LogP) is 4.21. The highest BCUT2D eigenvalue weighted by Gasteiger charge is 2.09. The fourth-order valence-electron chi connectivity index (χ4n) is 2.23. The van der Waals surface area contributed by atoms with Gasteiger partial charge in [0.15, 0.2) is 11.5 Å². The van der Waals surface area contributed by atoms with E-state index in [0.717, 1.165) is 23.4 Å². The van der Waals surface area contributed by atoms with E-state index >= 15 is 0 Å². The Balaban J connectivity index is 1.93. The van der Waals surface area contributed by atoms with E-state index in [1.165, 1.54) is 0 Å². The first-order valence-corrected chi connectivity index (χ1v) is 7.99. The maximum absolute atomic E-state index is 6.29. The van der Waals surface area contributed by atoms with Crippen LogP contribution in [-0.2, 0) is 13.1 Å². The van der Waals surface area contributed by atoms with E-state index in [0.29, 0.717) is 29.7 Å². The van der Waals surface area contributed by atoms with E-state index in [4.69, 9.17) is 25.8 Å². The molecule has 1 N–H and O–H groups in total. The summed E-state index contributed by atoms with van der Waals surface area (Å²) >= 11 is 6.29. The lowest BCUT2D eigenvalue weighted by Gasteiger charge is -2.12. The van der Waals surface area contributed by atoms with Crippen LogP contribution in [0.2, 0.25) is 5.02 Å². The van der Waals surface area contributed by atoms with Crippen LogP contribution < -0.4 is 19.5 Å². The summed E-state index contributed by atoms with van der Waals surface area (Å²) in [6.07, 6.45) is 1.72. The van der Waals surface area contributed by atoms with Crippen molar-refractivity contribution in [3.8, 4) is 17.2 Å². The first-order valence-electron chi connectivity index (χ1n) is 7.61. The topological polar surface area (TPSA) is 39.7 Å². The van der Waals surface area contributed by atoms with E-state index in [2.05, 4.69) is 11.9 Å². The Morgan fingerprint density at radius 3 is 2.33 bits per heavy atom. The van der Waals surface area contributed by atoms with E-state index < -0.39 is 0 Å². The molecule has 2 aromatic rings. The molecule has 24 heavy (non-hydrogen) atoms. The van der Waals surface area contributed by atoms with Crippen LogP contribution in [0.3, 0.4) is 0 Å². The summed E-state index contributed by atoms with van der Waals surface area (Å²) in [5.74, 6) is 2.13. The molecule has 0 radical (unpaired) electrons. The summed E-state index contributed by atoms with van der Waals surface area (Å²) in [5, 5.41) is 4.02. The maximum atomic E-state index is 6.29. The van der Waals surface area contributed by atoms with Crippen molar-refractivity contribution >= 4 is 11.6 Å². The molecule has 0 bridgehead atoms. The molecular formula is C19H22ClNO3. The second-order valence-corrected chi connectivity index (χ2v) is 5.55. The molecule has 5 heteroatoms. The first kappa shape index (κ1) is 18.2. The highest BCUT2D eigenvalue weighted by molar-refractivity contribution is 6.31. The van der Waals surface area contributed by atoms with Gasteiger partial charge in [-0.1, -0.05) is 36.4 Å². The van der Waals surface area contributed by atoms with Crippen molar-refractivity contribution in [1.82, 2.24) is 5.32 Å². The monoisotopic (exact) mass is 347 g/mol. The minimum absolute atomic E-state index is 0.509. The lowest BCUT2D eigenvalue weighted by Crippen LogP contribution is -2.13. The van der Waals surface area contributed by atoms with Gasteiger partial charge >= 0.3 is 0 Å². The zero-order chi connectivity index (χ0) is 17.4. The maximum Gasteiger partial charge on any atom is 0.162 e. The van der Waals surface area contributed by atoms with Gasteiger partial charge in [-0.05, 0) is 29.3 Å². The molecule has 0 aliphatic rings. The Hall–Kier alpha value is -2.17. The summed E-state index contributed by atoms with van der Waals surface area (Å²) in [5.41, 5.74) is 2.12. The van der Waals surface area contributed by atoms with E-state index in [9.17, 15) is 0 Å². The largest absolute Gasteiger partial charge is 0.493 e. The van der Waals surface area contributed by atoms with Crippen LogP contribution in [0.25, 0.3) is 0 Å². The summed E-state index contributed by atoms with van der Waals surface area (Å²) in [6, 6.07) is 11.6. The number of ether oxygens (including phenoxy) is 3. The Morgan fingerprint density at radius 2 is 1.71 bits per heavy atom. The van der Waals surface area contributed by atoms with Gasteiger partial charge in [0.2, 0.25) is 0 Å². The van der Waals surface area contributed by atoms with Gasteiger partial charge in [-0.25, -0.2) is 0 Å². The van der Waals surface area contributed by atoms with Crippen molar-refractivity contribution < 1.29 is 14.2 Å². The summed E-state index contributed by atoms with van der Waals surface area (Å²) in [7, 11) is 3.20. The summed E-state index contributed by atoms with van der Waals surface area (Å²) in [4.78, 5) is 0. The molecule has 0 unspecified atom stereocenters. The summed E-state index contributed by atoms with van der Waals surface area (Å²) in [6.45, 7) is 5.50. The van der Waals surface area contributed by atoms with Gasteiger partial charge in [-0.2, -0.15) is 0 Å². The lowest BCUT2D eigenvalue weighted by molar-refractivity contribution is 0.354. The minimum Gasteiger partial charge on any atom is -0.493 e. The molecule has 0 amide bonds. The highest BCUT2D eigenvalue weighted by atomic mass is 35.5. The van der Waals surface area contributed by atoms with Gasteiger partial charge in [-0.3, -0.25) is 0 Å². The molecule has 0 atom stereocenters. The second-order valence-electron chi connectivity index (χ2n) is 5.15. The number of halogens is 1. The Bertz CT molecular complexity index is 671. The minimum atomic E-state index is 0.509. The van der Waals surface area contributed by atoms with Gasteiger partial charge in [-0.15, -0.1) is 0 Å². The number of hydrogen-bond donors (Lipinski definition) is 1. The molecule has 0 aromatic heterocycles. The molecule has 0 saturated heterocycles. The molecule has 0 aliphatic heterocycles. The van der Waals surface area contributed by atoms with Gasteiger partial charge < -0.3 is 19.5 Å². The molecule has 2 aromatic carbocycles. The number of hydrogen-bond acceptors (Lipinski definition) is 4. The number of nitrogens with one attached hydrogen (secondary N) is 1. The molecule has 4 nitrogen and oxygen atoms in total. The van der Waals surface area contributed by atoms with Crippen molar-refractivity contribution in [1.29, 1.82) is 0 Å². The van der Waals surface area contributed by atoms with Crippen molar-refractivity contribution in [3.05, 3.63) is 65.2 Å². The molecular weight excluding hydrogens is 326 g/mol. The zero-order valence-electron chi connectivity index (χ0n) is 14.0. The van der Waals surface area contributed by atoms with Crippen molar-refractivity contribution in [2.45, 2.75) is 13.1 Å². The number of rotatable bonds is 9. The Kier molecular flexibility index (Phi) is 6.97. The fraction of sp³-hybridized carbons (Fsp3) is 0.263. The zero-order valence-corrected chi connectivity index (χ0v) is 14.7. The molecule has 0 aliphatic carbocycles. The van der Waals surface area contributed by atoms with Crippen LogP contribution in [0.4, 0.5) is 0 Å². The second kappa shape index (κ2) is 9.21. The lowest BCUT2D eigenvalue weighted by atomic mass is 10.1. The third-order valence-electron chi connectivity index (χ3n) is 3.49. The van der Waals surface area contributed by atoms with Gasteiger partial charge in [0.05, 0.1) is 14.2 Å². The molecule has 128 valence electrons. The van der Waals surface area contributed by atoms with Gasteiger partial charge in [0.1, 0.15) is 12.4 Å². The molecule has 0 heterocycles. The molecule has 2 rings (SSSR count). The van der Waals surface area contributed by atoms with Crippen LogP contribution in [0.1, 0.15) is 11.1 Å². The normalized spacial score (nSPS) is 10.3. The Morgan fingerprint density at radius 1 is 1.04 bits per heavy atom. The third-order valence-corrected chi connectivity index (χ3v) is 3.84.